The molecule has 0 atom stereocenters. The van der Waals surface area contributed by atoms with Crippen molar-refractivity contribution < 1.29 is 0 Å². The molecule has 3 heteroatoms. The predicted molar refractivity (Wildman–Crippen MR) is 66.3 cm³/mol. The second-order valence-corrected chi connectivity index (χ2v) is 4.68. The molecule has 1 aliphatic rings. The largest absolute Gasteiger partial charge is 0.397 e. The summed E-state index contributed by atoms with van der Waals surface area (Å²) in [5.41, 5.74) is 7.55. The fourth-order valence-corrected chi connectivity index (χ4v) is 1.87. The highest BCUT2D eigenvalue weighted by Gasteiger charge is 2.19. The van der Waals surface area contributed by atoms with E-state index in [0.29, 0.717) is 0 Å². The second kappa shape index (κ2) is 4.75. The Labute approximate surface area is 95.8 Å². The van der Waals surface area contributed by atoms with Crippen LogP contribution in [0.1, 0.15) is 25.7 Å². The first-order valence-electron chi connectivity index (χ1n) is 5.54. The average molecular weight is 225 g/mol. The maximum Gasteiger partial charge on any atom is 0.0588 e. The Morgan fingerprint density at radius 3 is 2.93 bits per heavy atom. The molecule has 15 heavy (non-hydrogen) atoms. The molecular formula is C12H17ClN2. The minimum atomic E-state index is 0.730. The third-order valence-electron chi connectivity index (χ3n) is 2.82. The Hall–Kier alpha value is -0.890. The predicted octanol–water partition coefficient (Wildman–Crippen LogP) is 3.52. The van der Waals surface area contributed by atoms with E-state index in [4.69, 9.17) is 17.3 Å². The third kappa shape index (κ3) is 3.31. The molecular weight excluding hydrogens is 208 g/mol. The summed E-state index contributed by atoms with van der Waals surface area (Å²) in [6, 6.07) is 5.53. The lowest BCUT2D eigenvalue weighted by atomic mass is 10.2. The molecule has 0 bridgehead atoms. The summed E-state index contributed by atoms with van der Waals surface area (Å²) in [6.07, 6.45) is 5.42. The van der Waals surface area contributed by atoms with Crippen LogP contribution in [0, 0.1) is 5.92 Å². The average Bonchev–Trinajstić information content (AvgIpc) is 3.01. The summed E-state index contributed by atoms with van der Waals surface area (Å²) < 4.78 is 0. The van der Waals surface area contributed by atoms with Gasteiger partial charge in [0.05, 0.1) is 11.4 Å². The van der Waals surface area contributed by atoms with E-state index in [1.165, 1.54) is 25.7 Å². The van der Waals surface area contributed by atoms with Crippen LogP contribution < -0.4 is 11.1 Å². The molecule has 1 aromatic rings. The molecule has 3 N–H and O–H groups in total. The normalized spacial score (nSPS) is 15.3. The van der Waals surface area contributed by atoms with E-state index in [1.54, 1.807) is 0 Å². The second-order valence-electron chi connectivity index (χ2n) is 4.24. The highest BCUT2D eigenvalue weighted by molar-refractivity contribution is 6.31. The number of hydrogen-bond acceptors (Lipinski definition) is 2. The van der Waals surface area contributed by atoms with Crippen LogP contribution in [0.4, 0.5) is 11.4 Å². The van der Waals surface area contributed by atoms with Gasteiger partial charge in [-0.15, -0.1) is 0 Å². The number of nitrogens with two attached hydrogens (primary N) is 1. The molecule has 1 aromatic carbocycles. The number of nitrogen functional groups attached to an aromatic ring is 1. The van der Waals surface area contributed by atoms with Crippen LogP contribution in [0.15, 0.2) is 18.2 Å². The van der Waals surface area contributed by atoms with Crippen LogP contribution in [0.25, 0.3) is 0 Å². The maximum atomic E-state index is 5.89. The lowest BCUT2D eigenvalue weighted by Gasteiger charge is -2.09. The molecule has 1 fully saturated rings. The van der Waals surface area contributed by atoms with Gasteiger partial charge in [-0.2, -0.15) is 0 Å². The van der Waals surface area contributed by atoms with Gasteiger partial charge in [-0.3, -0.25) is 0 Å². The lowest BCUT2D eigenvalue weighted by molar-refractivity contribution is 0.687. The molecule has 0 amide bonds. The highest BCUT2D eigenvalue weighted by atomic mass is 35.5. The van der Waals surface area contributed by atoms with E-state index in [1.807, 2.05) is 18.2 Å². The Bertz CT molecular complexity index is 334. The standard InChI is InChI=1S/C12H17ClN2/c13-10-5-6-11(14)12(8-10)15-7-1-2-9-3-4-9/h5-6,8-9,15H,1-4,7,14H2. The van der Waals surface area contributed by atoms with Gasteiger partial charge in [0.1, 0.15) is 0 Å². The van der Waals surface area contributed by atoms with Crippen molar-refractivity contribution in [2.75, 3.05) is 17.6 Å². The Morgan fingerprint density at radius 2 is 2.20 bits per heavy atom. The molecule has 0 aromatic heterocycles. The maximum absolute atomic E-state index is 5.89. The van der Waals surface area contributed by atoms with Gasteiger partial charge >= 0.3 is 0 Å². The van der Waals surface area contributed by atoms with E-state index in [-0.39, 0.29) is 0 Å². The van der Waals surface area contributed by atoms with Crippen molar-refractivity contribution in [2.45, 2.75) is 25.7 Å². The third-order valence-corrected chi connectivity index (χ3v) is 3.05. The zero-order chi connectivity index (χ0) is 10.7. The van der Waals surface area contributed by atoms with Crippen molar-refractivity contribution in [3.63, 3.8) is 0 Å². The van der Waals surface area contributed by atoms with Crippen molar-refractivity contribution in [1.82, 2.24) is 0 Å². The minimum absolute atomic E-state index is 0.730. The SMILES string of the molecule is Nc1ccc(Cl)cc1NCCCC1CC1. The molecule has 1 aliphatic carbocycles. The topological polar surface area (TPSA) is 38.0 Å². The van der Waals surface area contributed by atoms with Crippen LogP contribution >= 0.6 is 11.6 Å². The summed E-state index contributed by atoms with van der Waals surface area (Å²) in [5.74, 6) is 1.00. The van der Waals surface area contributed by atoms with Gasteiger partial charge in [-0.25, -0.2) is 0 Å². The Balaban J connectivity index is 1.78. The molecule has 0 unspecified atom stereocenters. The van der Waals surface area contributed by atoms with Gasteiger partial charge in [0, 0.05) is 11.6 Å². The highest BCUT2D eigenvalue weighted by Crippen LogP contribution is 2.33. The van der Waals surface area contributed by atoms with Crippen molar-refractivity contribution in [3.8, 4) is 0 Å². The van der Waals surface area contributed by atoms with Crippen LogP contribution in [0.2, 0.25) is 5.02 Å². The number of halogens is 1. The summed E-state index contributed by atoms with van der Waals surface area (Å²) in [7, 11) is 0. The quantitative estimate of drug-likeness (QED) is 0.593. The molecule has 2 rings (SSSR count). The van der Waals surface area contributed by atoms with Crippen LogP contribution in [-0.4, -0.2) is 6.54 Å². The smallest absolute Gasteiger partial charge is 0.0588 e. The van der Waals surface area contributed by atoms with E-state index < -0.39 is 0 Å². The van der Waals surface area contributed by atoms with Gasteiger partial charge in [0.25, 0.3) is 0 Å². The molecule has 82 valence electrons. The zero-order valence-electron chi connectivity index (χ0n) is 8.80. The fourth-order valence-electron chi connectivity index (χ4n) is 1.70. The molecule has 0 radical (unpaired) electrons. The van der Waals surface area contributed by atoms with Crippen molar-refractivity contribution in [1.29, 1.82) is 0 Å². The van der Waals surface area contributed by atoms with E-state index >= 15 is 0 Å². The van der Waals surface area contributed by atoms with Gasteiger partial charge in [-0.1, -0.05) is 24.4 Å². The summed E-state index contributed by atoms with van der Waals surface area (Å²) in [6.45, 7) is 0.987. The van der Waals surface area contributed by atoms with E-state index in [9.17, 15) is 0 Å². The van der Waals surface area contributed by atoms with E-state index in [0.717, 1.165) is 28.9 Å². The molecule has 0 aliphatic heterocycles. The van der Waals surface area contributed by atoms with Crippen LogP contribution in [-0.2, 0) is 0 Å². The number of anilines is 2. The number of rotatable bonds is 5. The first-order chi connectivity index (χ1) is 7.25. The summed E-state index contributed by atoms with van der Waals surface area (Å²) in [4.78, 5) is 0. The fraction of sp³-hybridized carbons (Fsp3) is 0.500. The molecule has 0 saturated heterocycles. The zero-order valence-corrected chi connectivity index (χ0v) is 9.56. The van der Waals surface area contributed by atoms with Crippen molar-refractivity contribution >= 4 is 23.0 Å². The Kier molecular flexibility index (Phi) is 3.37. The number of nitrogens with one attached hydrogen (secondary N) is 1. The van der Waals surface area contributed by atoms with Gasteiger partial charge in [0.2, 0.25) is 0 Å². The first kappa shape index (κ1) is 10.6. The molecule has 0 spiro atoms. The van der Waals surface area contributed by atoms with Crippen LogP contribution in [0.3, 0.4) is 0 Å². The van der Waals surface area contributed by atoms with Crippen LogP contribution in [0.5, 0.6) is 0 Å². The lowest BCUT2D eigenvalue weighted by Crippen LogP contribution is -2.04. The van der Waals surface area contributed by atoms with E-state index in [2.05, 4.69) is 5.32 Å². The monoisotopic (exact) mass is 224 g/mol. The van der Waals surface area contributed by atoms with Gasteiger partial charge in [-0.05, 0) is 37.0 Å². The first-order valence-corrected chi connectivity index (χ1v) is 5.92. The molecule has 0 heterocycles. The Morgan fingerprint density at radius 1 is 1.40 bits per heavy atom. The molecule has 1 saturated carbocycles. The van der Waals surface area contributed by atoms with Gasteiger partial charge < -0.3 is 11.1 Å². The minimum Gasteiger partial charge on any atom is -0.397 e. The molecule has 2 nitrogen and oxygen atoms in total. The van der Waals surface area contributed by atoms with Gasteiger partial charge in [0.15, 0.2) is 0 Å². The van der Waals surface area contributed by atoms with Crippen molar-refractivity contribution in [2.24, 2.45) is 5.92 Å². The summed E-state index contributed by atoms with van der Waals surface area (Å²) >= 11 is 5.89. The number of hydrogen-bond donors (Lipinski definition) is 2. The van der Waals surface area contributed by atoms with Crippen molar-refractivity contribution in [3.05, 3.63) is 23.2 Å². The number of benzene rings is 1. The summed E-state index contributed by atoms with van der Waals surface area (Å²) in [5, 5.41) is 4.06.